The smallest absolute Gasteiger partial charge is 0.435 e. The number of carbonyl (C=O) groups is 1. The maximum atomic E-state index is 11.1. The molecule has 1 aromatic carbocycles. The van der Waals surface area contributed by atoms with Gasteiger partial charge in [-0.3, -0.25) is 4.84 Å². The van der Waals surface area contributed by atoms with E-state index in [-0.39, 0.29) is 0 Å². The van der Waals surface area contributed by atoms with Gasteiger partial charge in [0.05, 0.1) is 12.5 Å². The number of hydrogen-bond acceptors (Lipinski definition) is 4. The van der Waals surface area contributed by atoms with Crippen LogP contribution in [0.5, 0.6) is 0 Å². The highest BCUT2D eigenvalue weighted by molar-refractivity contribution is 5.87. The van der Waals surface area contributed by atoms with Gasteiger partial charge in [0.2, 0.25) is 0 Å². The summed E-state index contributed by atoms with van der Waals surface area (Å²) in [6.45, 7) is 0. The summed E-state index contributed by atoms with van der Waals surface area (Å²) < 4.78 is 5.25. The number of rotatable bonds is 2. The first-order valence-corrected chi connectivity index (χ1v) is 5.06. The highest BCUT2D eigenvalue weighted by Crippen LogP contribution is 2.15. The fourth-order valence-corrected chi connectivity index (χ4v) is 1.27. The van der Waals surface area contributed by atoms with Crippen LogP contribution in [0.1, 0.15) is 5.56 Å². The number of benzene rings is 1. The van der Waals surface area contributed by atoms with Gasteiger partial charge >= 0.3 is 6.09 Å². The molecule has 0 saturated carbocycles. The van der Waals surface area contributed by atoms with E-state index in [1.807, 2.05) is 24.3 Å². The molecule has 0 aliphatic rings. The van der Waals surface area contributed by atoms with Crippen LogP contribution >= 0.6 is 0 Å². The van der Waals surface area contributed by atoms with Crippen LogP contribution in [-0.4, -0.2) is 31.3 Å². The fraction of sp³-hybridized carbons (Fsp3) is 0.167. The third kappa shape index (κ3) is 2.63. The molecule has 5 nitrogen and oxygen atoms in total. The van der Waals surface area contributed by atoms with Crippen molar-refractivity contribution in [2.24, 2.45) is 5.16 Å². The number of hydrogen-bond donors (Lipinski definition) is 0. The summed E-state index contributed by atoms with van der Waals surface area (Å²) in [4.78, 5) is 17.0. The minimum absolute atomic E-state index is 0.514. The number of oxime groups is 1. The molecule has 0 N–H and O–H groups in total. The molecule has 0 unspecified atom stereocenters. The van der Waals surface area contributed by atoms with Crippen molar-refractivity contribution in [2.45, 2.75) is 0 Å². The van der Waals surface area contributed by atoms with E-state index in [1.54, 1.807) is 20.4 Å². The molecule has 2 aromatic rings. The van der Waals surface area contributed by atoms with Crippen molar-refractivity contribution < 1.29 is 14.0 Å². The number of furan rings is 1. The molecule has 5 heteroatoms. The predicted octanol–water partition coefficient (Wildman–Crippen LogP) is 2.46. The van der Waals surface area contributed by atoms with Gasteiger partial charge in [0, 0.05) is 19.5 Å². The van der Waals surface area contributed by atoms with Crippen molar-refractivity contribution in [3.63, 3.8) is 0 Å². The Hall–Kier alpha value is -2.30. The molecule has 0 spiro atoms. The average Bonchev–Trinajstić information content (AvgIpc) is 2.75. The third-order valence-electron chi connectivity index (χ3n) is 2.18. The van der Waals surface area contributed by atoms with E-state index >= 15 is 0 Å². The van der Waals surface area contributed by atoms with Gasteiger partial charge in [-0.05, 0) is 17.7 Å². The molecule has 0 atom stereocenters. The molecule has 1 heterocycles. The van der Waals surface area contributed by atoms with Crippen molar-refractivity contribution in [3.05, 3.63) is 36.1 Å². The fourth-order valence-electron chi connectivity index (χ4n) is 1.27. The Morgan fingerprint density at radius 3 is 3.00 bits per heavy atom. The second-order valence-corrected chi connectivity index (χ2v) is 3.70. The summed E-state index contributed by atoms with van der Waals surface area (Å²) in [5, 5.41) is 4.62. The summed E-state index contributed by atoms with van der Waals surface area (Å²) in [7, 11) is 3.18. The van der Waals surface area contributed by atoms with Gasteiger partial charge in [0.1, 0.15) is 5.58 Å². The topological polar surface area (TPSA) is 55.0 Å². The molecule has 0 saturated heterocycles. The Bertz CT molecular complexity index is 558. The van der Waals surface area contributed by atoms with E-state index in [4.69, 9.17) is 4.42 Å². The lowest BCUT2D eigenvalue weighted by Gasteiger charge is -2.05. The van der Waals surface area contributed by atoms with E-state index in [9.17, 15) is 4.79 Å². The molecule has 0 radical (unpaired) electrons. The van der Waals surface area contributed by atoms with Crippen molar-refractivity contribution in [3.8, 4) is 0 Å². The van der Waals surface area contributed by atoms with Crippen LogP contribution in [-0.2, 0) is 4.84 Å². The van der Waals surface area contributed by atoms with E-state index < -0.39 is 6.09 Å². The Labute approximate surface area is 98.3 Å². The zero-order valence-electron chi connectivity index (χ0n) is 9.58. The quantitative estimate of drug-likeness (QED) is 0.454. The largest absolute Gasteiger partial charge is 0.464 e. The van der Waals surface area contributed by atoms with Crippen molar-refractivity contribution in [1.82, 2.24) is 4.90 Å². The van der Waals surface area contributed by atoms with Crippen LogP contribution in [0.25, 0.3) is 11.0 Å². The van der Waals surface area contributed by atoms with Crippen LogP contribution in [0.3, 0.4) is 0 Å². The SMILES string of the molecule is CN(C)C(=O)ON=Cc1ccc2ccoc2c1. The Morgan fingerprint density at radius 1 is 1.41 bits per heavy atom. The summed E-state index contributed by atoms with van der Waals surface area (Å²) in [5.74, 6) is 0. The van der Waals surface area contributed by atoms with Gasteiger partial charge in [0.25, 0.3) is 0 Å². The molecule has 88 valence electrons. The van der Waals surface area contributed by atoms with Crippen LogP contribution in [0, 0.1) is 0 Å². The van der Waals surface area contributed by atoms with Gasteiger partial charge < -0.3 is 9.32 Å². The molecule has 17 heavy (non-hydrogen) atoms. The van der Waals surface area contributed by atoms with Gasteiger partial charge in [-0.1, -0.05) is 17.3 Å². The lowest BCUT2D eigenvalue weighted by Crippen LogP contribution is -2.20. The van der Waals surface area contributed by atoms with Crippen LogP contribution in [0.15, 0.2) is 40.1 Å². The Morgan fingerprint density at radius 2 is 2.24 bits per heavy atom. The molecule has 1 aromatic heterocycles. The number of fused-ring (bicyclic) bond motifs is 1. The lowest BCUT2D eigenvalue weighted by molar-refractivity contribution is 0.123. The van der Waals surface area contributed by atoms with E-state index in [1.165, 1.54) is 11.1 Å². The number of amides is 1. The van der Waals surface area contributed by atoms with Gasteiger partial charge in [-0.2, -0.15) is 0 Å². The summed E-state index contributed by atoms with van der Waals surface area (Å²) in [5.41, 5.74) is 1.58. The van der Waals surface area contributed by atoms with Crippen molar-refractivity contribution >= 4 is 23.3 Å². The van der Waals surface area contributed by atoms with Crippen molar-refractivity contribution in [1.29, 1.82) is 0 Å². The minimum atomic E-state index is -0.514. The van der Waals surface area contributed by atoms with Crippen LogP contribution in [0.2, 0.25) is 0 Å². The van der Waals surface area contributed by atoms with E-state index in [0.717, 1.165) is 16.5 Å². The molecule has 0 fully saturated rings. The monoisotopic (exact) mass is 232 g/mol. The standard InChI is InChI=1S/C12H12N2O3/c1-14(2)12(15)17-13-8-9-3-4-10-5-6-16-11(10)7-9/h3-8H,1-2H3. The van der Waals surface area contributed by atoms with Gasteiger partial charge in [0.15, 0.2) is 0 Å². The number of nitrogens with zero attached hydrogens (tertiary/aromatic N) is 2. The Balaban J connectivity index is 2.07. The second kappa shape index (κ2) is 4.69. The molecular weight excluding hydrogens is 220 g/mol. The first kappa shape index (κ1) is 11.2. The predicted molar refractivity (Wildman–Crippen MR) is 64.0 cm³/mol. The van der Waals surface area contributed by atoms with Crippen molar-refractivity contribution in [2.75, 3.05) is 14.1 Å². The first-order valence-electron chi connectivity index (χ1n) is 5.06. The summed E-state index contributed by atoms with van der Waals surface area (Å²) in [6, 6.07) is 7.48. The van der Waals surface area contributed by atoms with E-state index in [2.05, 4.69) is 9.99 Å². The first-order chi connectivity index (χ1) is 8.16. The molecule has 1 amide bonds. The normalized spacial score (nSPS) is 10.9. The van der Waals surface area contributed by atoms with Gasteiger partial charge in [-0.25, -0.2) is 4.79 Å². The summed E-state index contributed by atoms with van der Waals surface area (Å²) in [6.07, 6.45) is 2.57. The molecule has 2 rings (SSSR count). The molecule has 0 aliphatic heterocycles. The highest BCUT2D eigenvalue weighted by atomic mass is 16.7. The molecule has 0 aliphatic carbocycles. The zero-order chi connectivity index (χ0) is 12.3. The van der Waals surface area contributed by atoms with Gasteiger partial charge in [-0.15, -0.1) is 0 Å². The minimum Gasteiger partial charge on any atom is -0.464 e. The average molecular weight is 232 g/mol. The molecular formula is C12H12N2O3. The highest BCUT2D eigenvalue weighted by Gasteiger charge is 2.02. The third-order valence-corrected chi connectivity index (χ3v) is 2.18. The summed E-state index contributed by atoms with van der Waals surface area (Å²) >= 11 is 0. The number of carbonyl (C=O) groups excluding carboxylic acids is 1. The molecule has 0 bridgehead atoms. The maximum absolute atomic E-state index is 11.1. The van der Waals surface area contributed by atoms with Crippen LogP contribution in [0.4, 0.5) is 4.79 Å². The second-order valence-electron chi connectivity index (χ2n) is 3.70. The van der Waals surface area contributed by atoms with E-state index in [0.29, 0.717) is 0 Å². The maximum Gasteiger partial charge on any atom is 0.435 e. The van der Waals surface area contributed by atoms with Crippen LogP contribution < -0.4 is 0 Å². The zero-order valence-corrected chi connectivity index (χ0v) is 9.58. The lowest BCUT2D eigenvalue weighted by atomic mass is 10.2. The Kier molecular flexibility index (Phi) is 3.09.